The maximum absolute atomic E-state index is 5.26. The fourth-order valence-corrected chi connectivity index (χ4v) is 2.54. The van der Waals surface area contributed by atoms with Gasteiger partial charge in [0.05, 0.1) is 13.2 Å². The number of methoxy groups -OCH3 is 1. The van der Waals surface area contributed by atoms with Gasteiger partial charge >= 0.3 is 0 Å². The highest BCUT2D eigenvalue weighted by Crippen LogP contribution is 2.34. The summed E-state index contributed by atoms with van der Waals surface area (Å²) in [6.45, 7) is 0. The fraction of sp³-hybridized carbons (Fsp3) is 0.250. The predicted molar refractivity (Wildman–Crippen MR) is 74.1 cm³/mol. The van der Waals surface area contributed by atoms with Crippen LogP contribution in [0.4, 0.5) is 5.69 Å². The summed E-state index contributed by atoms with van der Waals surface area (Å²) < 4.78 is 5.26. The van der Waals surface area contributed by atoms with E-state index >= 15 is 0 Å². The van der Waals surface area contributed by atoms with Crippen molar-refractivity contribution < 1.29 is 4.74 Å². The second kappa shape index (κ2) is 4.73. The van der Waals surface area contributed by atoms with Crippen LogP contribution in [0.2, 0.25) is 0 Å². The number of nitrogens with one attached hydrogen (secondary N) is 1. The molecule has 2 aromatic rings. The molecule has 1 heterocycles. The zero-order valence-corrected chi connectivity index (χ0v) is 10.5. The Hall–Kier alpha value is -1.96. The average molecular weight is 239 g/mol. The van der Waals surface area contributed by atoms with Crippen LogP contribution in [0.3, 0.4) is 0 Å². The molecular weight excluding hydrogens is 222 g/mol. The number of fused-ring (bicyclic) bond motifs is 1. The van der Waals surface area contributed by atoms with Gasteiger partial charge in [-0.2, -0.15) is 0 Å². The number of benzene rings is 2. The minimum atomic E-state index is 0.423. The Balaban J connectivity index is 1.85. The summed E-state index contributed by atoms with van der Waals surface area (Å²) in [5.41, 5.74) is 3.94. The first-order valence-electron chi connectivity index (χ1n) is 6.35. The van der Waals surface area contributed by atoms with Crippen molar-refractivity contribution in [3.8, 4) is 5.75 Å². The van der Waals surface area contributed by atoms with Crippen molar-refractivity contribution in [3.05, 3.63) is 59.7 Å². The molecule has 2 heteroatoms. The normalized spacial score (nSPS) is 17.7. The summed E-state index contributed by atoms with van der Waals surface area (Å²) in [6, 6.07) is 17.3. The third-order valence-corrected chi connectivity index (χ3v) is 3.55. The lowest BCUT2D eigenvalue weighted by molar-refractivity contribution is 0.414. The zero-order valence-electron chi connectivity index (χ0n) is 10.5. The van der Waals surface area contributed by atoms with Crippen LogP contribution in [-0.4, -0.2) is 7.11 Å². The van der Waals surface area contributed by atoms with E-state index in [-0.39, 0.29) is 0 Å². The molecule has 0 aliphatic carbocycles. The molecule has 92 valence electrons. The Labute approximate surface area is 108 Å². The molecule has 2 nitrogen and oxygen atoms in total. The van der Waals surface area contributed by atoms with Gasteiger partial charge in [-0.1, -0.05) is 30.3 Å². The van der Waals surface area contributed by atoms with E-state index in [1.807, 2.05) is 6.07 Å². The van der Waals surface area contributed by atoms with E-state index < -0.39 is 0 Å². The highest BCUT2D eigenvalue weighted by molar-refractivity contribution is 5.57. The molecule has 0 aromatic heterocycles. The molecule has 3 rings (SSSR count). The van der Waals surface area contributed by atoms with Crippen molar-refractivity contribution in [1.29, 1.82) is 0 Å². The maximum Gasteiger partial charge on any atom is 0.119 e. The first-order chi connectivity index (χ1) is 8.86. The summed E-state index contributed by atoms with van der Waals surface area (Å²) in [5, 5.41) is 3.61. The number of hydrogen-bond donors (Lipinski definition) is 1. The highest BCUT2D eigenvalue weighted by Gasteiger charge is 2.19. The Morgan fingerprint density at radius 1 is 1.11 bits per heavy atom. The van der Waals surface area contributed by atoms with Crippen LogP contribution in [0.5, 0.6) is 5.75 Å². The Morgan fingerprint density at radius 2 is 1.94 bits per heavy atom. The van der Waals surface area contributed by atoms with Crippen molar-refractivity contribution in [2.45, 2.75) is 18.9 Å². The number of anilines is 1. The molecule has 1 aliphatic heterocycles. The van der Waals surface area contributed by atoms with E-state index in [1.165, 1.54) is 16.8 Å². The SMILES string of the molecule is COc1ccc2c(c1)CCC(c1ccccc1)N2. The smallest absolute Gasteiger partial charge is 0.119 e. The van der Waals surface area contributed by atoms with Crippen LogP contribution in [0.1, 0.15) is 23.6 Å². The molecule has 0 amide bonds. The fourth-order valence-electron chi connectivity index (χ4n) is 2.54. The number of hydrogen-bond acceptors (Lipinski definition) is 2. The van der Waals surface area contributed by atoms with Crippen molar-refractivity contribution in [2.75, 3.05) is 12.4 Å². The molecule has 18 heavy (non-hydrogen) atoms. The van der Waals surface area contributed by atoms with Crippen LogP contribution in [-0.2, 0) is 6.42 Å². The van der Waals surface area contributed by atoms with Gasteiger partial charge in [0.15, 0.2) is 0 Å². The molecule has 1 aliphatic rings. The van der Waals surface area contributed by atoms with E-state index in [0.29, 0.717) is 6.04 Å². The average Bonchev–Trinajstić information content (AvgIpc) is 2.47. The summed E-state index contributed by atoms with van der Waals surface area (Å²) in [5.74, 6) is 0.939. The van der Waals surface area contributed by atoms with Crippen molar-refractivity contribution in [1.82, 2.24) is 0 Å². The first-order valence-corrected chi connectivity index (χ1v) is 6.35. The Bertz CT molecular complexity index is 536. The van der Waals surface area contributed by atoms with Gasteiger partial charge in [-0.05, 0) is 42.2 Å². The Kier molecular flexibility index (Phi) is 2.93. The second-order valence-corrected chi connectivity index (χ2v) is 4.67. The van der Waals surface area contributed by atoms with Crippen LogP contribution in [0.15, 0.2) is 48.5 Å². The van der Waals surface area contributed by atoms with Gasteiger partial charge in [0, 0.05) is 5.69 Å². The summed E-state index contributed by atoms with van der Waals surface area (Å²) in [7, 11) is 1.71. The quantitative estimate of drug-likeness (QED) is 0.860. The number of rotatable bonds is 2. The molecular formula is C16H17NO. The Morgan fingerprint density at radius 3 is 2.72 bits per heavy atom. The van der Waals surface area contributed by atoms with Gasteiger partial charge in [-0.25, -0.2) is 0 Å². The molecule has 2 aromatic carbocycles. The lowest BCUT2D eigenvalue weighted by Crippen LogP contribution is -2.17. The van der Waals surface area contributed by atoms with E-state index in [1.54, 1.807) is 7.11 Å². The van der Waals surface area contributed by atoms with Gasteiger partial charge in [0.2, 0.25) is 0 Å². The van der Waals surface area contributed by atoms with E-state index in [0.717, 1.165) is 18.6 Å². The van der Waals surface area contributed by atoms with Gasteiger partial charge < -0.3 is 10.1 Å². The molecule has 0 fully saturated rings. The third-order valence-electron chi connectivity index (χ3n) is 3.55. The number of ether oxygens (including phenoxy) is 1. The van der Waals surface area contributed by atoms with Crippen molar-refractivity contribution in [2.24, 2.45) is 0 Å². The van der Waals surface area contributed by atoms with Gasteiger partial charge in [0.25, 0.3) is 0 Å². The van der Waals surface area contributed by atoms with Gasteiger partial charge in [-0.3, -0.25) is 0 Å². The monoisotopic (exact) mass is 239 g/mol. The highest BCUT2D eigenvalue weighted by atomic mass is 16.5. The molecule has 0 radical (unpaired) electrons. The van der Waals surface area contributed by atoms with E-state index in [2.05, 4.69) is 47.8 Å². The van der Waals surface area contributed by atoms with Crippen LogP contribution in [0, 0.1) is 0 Å². The summed E-state index contributed by atoms with van der Waals surface area (Å²) >= 11 is 0. The molecule has 1 N–H and O–H groups in total. The maximum atomic E-state index is 5.26. The van der Waals surface area contributed by atoms with Crippen LogP contribution < -0.4 is 10.1 Å². The minimum Gasteiger partial charge on any atom is -0.497 e. The van der Waals surface area contributed by atoms with Crippen LogP contribution >= 0.6 is 0 Å². The largest absolute Gasteiger partial charge is 0.497 e. The number of aryl methyl sites for hydroxylation is 1. The third kappa shape index (κ3) is 2.06. The molecule has 0 spiro atoms. The lowest BCUT2D eigenvalue weighted by atomic mass is 9.93. The second-order valence-electron chi connectivity index (χ2n) is 4.67. The summed E-state index contributed by atoms with van der Waals surface area (Å²) in [4.78, 5) is 0. The zero-order chi connectivity index (χ0) is 12.4. The lowest BCUT2D eigenvalue weighted by Gasteiger charge is -2.27. The molecule has 0 saturated heterocycles. The first kappa shape index (κ1) is 11.1. The van der Waals surface area contributed by atoms with E-state index in [4.69, 9.17) is 4.74 Å². The molecule has 1 unspecified atom stereocenters. The topological polar surface area (TPSA) is 21.3 Å². The van der Waals surface area contributed by atoms with Crippen molar-refractivity contribution >= 4 is 5.69 Å². The molecule has 0 bridgehead atoms. The minimum absolute atomic E-state index is 0.423. The van der Waals surface area contributed by atoms with Crippen molar-refractivity contribution in [3.63, 3.8) is 0 Å². The predicted octanol–water partition coefficient (Wildman–Crippen LogP) is 3.79. The molecule has 1 atom stereocenters. The summed E-state index contributed by atoms with van der Waals surface area (Å²) in [6.07, 6.45) is 2.23. The standard InChI is InChI=1S/C16H17NO/c1-18-14-8-10-16-13(11-14)7-9-15(17-16)12-5-3-2-4-6-12/h2-6,8,10-11,15,17H,7,9H2,1H3. The molecule has 0 saturated carbocycles. The van der Waals surface area contributed by atoms with Gasteiger partial charge in [0.1, 0.15) is 5.75 Å². The van der Waals surface area contributed by atoms with E-state index in [9.17, 15) is 0 Å². The van der Waals surface area contributed by atoms with Crippen LogP contribution in [0.25, 0.3) is 0 Å². The van der Waals surface area contributed by atoms with Gasteiger partial charge in [-0.15, -0.1) is 0 Å².